The zero-order valence-electron chi connectivity index (χ0n) is 22.8. The molecule has 4 aliphatic rings. The summed E-state index contributed by atoms with van der Waals surface area (Å²) in [7, 11) is -1.36. The van der Waals surface area contributed by atoms with Crippen LogP contribution in [0.5, 0.6) is 11.5 Å². The molecule has 4 aliphatic heterocycles. The molecule has 2 aromatic carbocycles. The molecule has 6 rings (SSSR count). The Hall–Kier alpha value is -1.57. The van der Waals surface area contributed by atoms with E-state index in [9.17, 15) is 0 Å². The highest BCUT2D eigenvalue weighted by molar-refractivity contribution is 7.45. The lowest BCUT2D eigenvalue weighted by Crippen LogP contribution is -2.35. The second kappa shape index (κ2) is 8.90. The lowest BCUT2D eigenvalue weighted by Gasteiger charge is -2.38. The van der Waals surface area contributed by atoms with E-state index in [2.05, 4.69) is 124 Å². The number of hydrogen-bond donors (Lipinski definition) is 0. The third kappa shape index (κ3) is 5.25. The van der Waals surface area contributed by atoms with Gasteiger partial charge in [-0.15, -0.1) is 0 Å². The molecular weight excluding hydrogens is 425 g/mol. The van der Waals surface area contributed by atoms with Crippen molar-refractivity contribution < 1.29 is 9.05 Å². The average Bonchev–Trinajstić information content (AvgIpc) is 2.65. The summed E-state index contributed by atoms with van der Waals surface area (Å²) in [6.45, 7) is 27.1. The minimum Gasteiger partial charge on any atom is -0.427 e. The largest absolute Gasteiger partial charge is 0.427 e. The van der Waals surface area contributed by atoms with Crippen molar-refractivity contribution in [3.05, 3.63) is 58.7 Å². The van der Waals surface area contributed by atoms with Gasteiger partial charge in [0, 0.05) is 28.6 Å². The van der Waals surface area contributed by atoms with Crippen molar-refractivity contribution in [1.82, 2.24) is 4.67 Å². The third-order valence-corrected chi connectivity index (χ3v) is 8.62. The Kier molecular flexibility index (Phi) is 7.02. The fourth-order valence-electron chi connectivity index (χ4n) is 4.59. The highest BCUT2D eigenvalue weighted by Crippen LogP contribution is 2.52. The molecule has 0 saturated carbocycles. The molecule has 182 valence electrons. The first kappa shape index (κ1) is 26.0. The van der Waals surface area contributed by atoms with Gasteiger partial charge in [-0.3, -0.25) is 0 Å². The minimum absolute atomic E-state index is 0.0495. The van der Waals surface area contributed by atoms with Crippen LogP contribution in [0.2, 0.25) is 0 Å². The Morgan fingerprint density at radius 3 is 1.36 bits per heavy atom. The number of benzene rings is 2. The number of hydrogen-bond acceptors (Lipinski definition) is 3. The Bertz CT molecular complexity index is 918. The zero-order valence-corrected chi connectivity index (χ0v) is 23.7. The molecule has 0 N–H and O–H groups in total. The first-order valence-electron chi connectivity index (χ1n) is 12.3. The van der Waals surface area contributed by atoms with Crippen LogP contribution >= 0.6 is 8.53 Å². The van der Waals surface area contributed by atoms with E-state index in [1.54, 1.807) is 0 Å². The van der Waals surface area contributed by atoms with Gasteiger partial charge in [-0.05, 0) is 61.8 Å². The fraction of sp³-hybridized carbons (Fsp3) is 0.586. The number of rotatable bonds is 3. The molecule has 0 spiro atoms. The van der Waals surface area contributed by atoms with Gasteiger partial charge in [0.2, 0.25) is 0 Å². The second-order valence-electron chi connectivity index (χ2n) is 12.5. The fourth-order valence-corrected chi connectivity index (χ4v) is 6.23. The van der Waals surface area contributed by atoms with E-state index < -0.39 is 8.53 Å². The lowest BCUT2D eigenvalue weighted by molar-refractivity contribution is 0.264. The number of nitrogens with zero attached hydrogens (tertiary/aromatic N) is 1. The van der Waals surface area contributed by atoms with Gasteiger partial charge in [0.05, 0.1) is 0 Å². The Labute approximate surface area is 203 Å². The maximum Gasteiger partial charge on any atom is 0.385 e. The van der Waals surface area contributed by atoms with Crippen LogP contribution in [0.1, 0.15) is 105 Å². The van der Waals surface area contributed by atoms with E-state index in [4.69, 9.17) is 9.05 Å². The van der Waals surface area contributed by atoms with E-state index in [1.165, 1.54) is 22.3 Å². The molecule has 4 bridgehead atoms. The van der Waals surface area contributed by atoms with Crippen molar-refractivity contribution in [3.63, 3.8) is 0 Å². The van der Waals surface area contributed by atoms with Gasteiger partial charge in [0.1, 0.15) is 11.5 Å². The molecule has 0 atom stereocenters. The topological polar surface area (TPSA) is 21.7 Å². The second-order valence-corrected chi connectivity index (χ2v) is 13.8. The first-order valence-corrected chi connectivity index (χ1v) is 13.4. The summed E-state index contributed by atoms with van der Waals surface area (Å²) in [6, 6.07) is 14.1. The van der Waals surface area contributed by atoms with E-state index in [0.29, 0.717) is 0 Å². The summed E-state index contributed by atoms with van der Waals surface area (Å²) < 4.78 is 16.0. The monoisotopic (exact) mass is 469 g/mol. The van der Waals surface area contributed by atoms with Crippen molar-refractivity contribution in [2.75, 3.05) is 0 Å². The molecule has 0 fully saturated rings. The summed E-state index contributed by atoms with van der Waals surface area (Å²) in [5, 5.41) is 0. The lowest BCUT2D eigenvalue weighted by atomic mass is 9.73. The van der Waals surface area contributed by atoms with Crippen molar-refractivity contribution in [2.45, 2.75) is 111 Å². The van der Waals surface area contributed by atoms with Crippen LogP contribution in [0.3, 0.4) is 0 Å². The Morgan fingerprint density at radius 2 is 1.06 bits per heavy atom. The van der Waals surface area contributed by atoms with Gasteiger partial charge in [-0.25, -0.2) is 4.67 Å². The normalized spacial score (nSPS) is 16.7. The van der Waals surface area contributed by atoms with Crippen molar-refractivity contribution in [2.24, 2.45) is 0 Å². The molecule has 2 aromatic rings. The maximum atomic E-state index is 6.84. The molecule has 4 heteroatoms. The molecule has 0 radical (unpaired) electrons. The van der Waals surface area contributed by atoms with Crippen molar-refractivity contribution in [3.8, 4) is 11.5 Å². The smallest absolute Gasteiger partial charge is 0.385 e. The molecule has 33 heavy (non-hydrogen) atoms. The van der Waals surface area contributed by atoms with Crippen LogP contribution < -0.4 is 9.05 Å². The van der Waals surface area contributed by atoms with Gasteiger partial charge in [-0.1, -0.05) is 79.7 Å². The Morgan fingerprint density at radius 1 is 0.697 bits per heavy atom. The SMILES string of the molecule is CC(C)N(C(C)C)P1Oc2ccc(cc2C(C)(C)C)C(C)(C)c2ccc(c(C(C)(C)C)c2)O1. The minimum atomic E-state index is -1.36. The van der Waals surface area contributed by atoms with Crippen LogP contribution in [-0.2, 0) is 16.2 Å². The highest BCUT2D eigenvalue weighted by atomic mass is 31.2. The molecule has 0 amide bonds. The molecular formula is C29H44NO2P. The summed E-state index contributed by atoms with van der Waals surface area (Å²) in [5.74, 6) is 1.85. The van der Waals surface area contributed by atoms with Gasteiger partial charge >= 0.3 is 8.53 Å². The van der Waals surface area contributed by atoms with Crippen molar-refractivity contribution >= 4 is 8.53 Å². The third-order valence-electron chi connectivity index (χ3n) is 6.62. The van der Waals surface area contributed by atoms with E-state index in [-0.39, 0.29) is 28.3 Å². The van der Waals surface area contributed by atoms with Crippen LogP contribution in [0.15, 0.2) is 36.4 Å². The molecule has 0 aliphatic carbocycles. The zero-order chi connectivity index (χ0) is 24.9. The molecule has 3 nitrogen and oxygen atoms in total. The van der Waals surface area contributed by atoms with E-state index in [1.807, 2.05) is 0 Å². The predicted octanol–water partition coefficient (Wildman–Crippen LogP) is 8.72. The molecule has 0 aromatic heterocycles. The average molecular weight is 470 g/mol. The van der Waals surface area contributed by atoms with Gasteiger partial charge in [-0.2, -0.15) is 0 Å². The van der Waals surface area contributed by atoms with Gasteiger partial charge < -0.3 is 9.05 Å². The molecule has 4 heterocycles. The van der Waals surface area contributed by atoms with Gasteiger partial charge in [0.25, 0.3) is 0 Å². The maximum absolute atomic E-state index is 6.84. The van der Waals surface area contributed by atoms with E-state index >= 15 is 0 Å². The Balaban J connectivity index is 2.35. The van der Waals surface area contributed by atoms with Gasteiger partial charge in [0.15, 0.2) is 0 Å². The molecule has 0 unspecified atom stereocenters. The quantitative estimate of drug-likeness (QED) is 0.420. The summed E-state index contributed by atoms with van der Waals surface area (Å²) in [5.41, 5.74) is 4.83. The summed E-state index contributed by atoms with van der Waals surface area (Å²) in [4.78, 5) is 0. The first-order chi connectivity index (χ1) is 15.0. The van der Waals surface area contributed by atoms with Crippen molar-refractivity contribution in [1.29, 1.82) is 0 Å². The van der Waals surface area contributed by atoms with Crippen LogP contribution in [-0.4, -0.2) is 16.8 Å². The predicted molar refractivity (Wildman–Crippen MR) is 143 cm³/mol. The molecule has 0 saturated heterocycles. The highest BCUT2D eigenvalue weighted by Gasteiger charge is 2.36. The summed E-state index contributed by atoms with van der Waals surface area (Å²) >= 11 is 0. The summed E-state index contributed by atoms with van der Waals surface area (Å²) in [6.07, 6.45) is 0. The van der Waals surface area contributed by atoms with Crippen LogP contribution in [0.25, 0.3) is 0 Å². The van der Waals surface area contributed by atoms with Crippen LogP contribution in [0, 0.1) is 0 Å². The standard InChI is InChI=1S/C29H44NO2P/c1-19(2)30(20(3)4)33-31-25-15-13-21(17-23(25)27(5,6)7)29(11,12)22-14-16-26(32-33)24(18-22)28(8,9)10/h13-20H,1-12H3. The van der Waals surface area contributed by atoms with Crippen LogP contribution in [0.4, 0.5) is 0 Å². The van der Waals surface area contributed by atoms with E-state index in [0.717, 1.165) is 11.5 Å².